The van der Waals surface area contributed by atoms with Crippen LogP contribution >= 0.6 is 0 Å². The number of aromatic nitrogens is 4. The Morgan fingerprint density at radius 2 is 1.06 bits per heavy atom. The second kappa shape index (κ2) is 14.1. The minimum Gasteiger partial charge on any atom is -0.315 e. The Balaban J connectivity index is 0.00000361. The number of imidazole rings is 2. The maximum atomic E-state index is 3.74. The van der Waals surface area contributed by atoms with Crippen LogP contribution in [0.25, 0.3) is 44.8 Å². The summed E-state index contributed by atoms with van der Waals surface area (Å²) in [5.41, 5.74) is 12.3. The molecule has 4 nitrogen and oxygen atoms in total. The van der Waals surface area contributed by atoms with Crippen LogP contribution in [0.4, 0.5) is 0 Å². The molecule has 1 aliphatic rings. The second-order valence-corrected chi connectivity index (χ2v) is 13.0. The minimum absolute atomic E-state index is 0. The number of hydrogen-bond acceptors (Lipinski definition) is 0. The average Bonchev–Trinajstić information content (AvgIpc) is 3.76. The summed E-state index contributed by atoms with van der Waals surface area (Å²) in [6.07, 6.45) is 14.5. The van der Waals surface area contributed by atoms with E-state index in [2.05, 4.69) is 177 Å². The van der Waals surface area contributed by atoms with Gasteiger partial charge < -0.3 is 9.13 Å². The second-order valence-electron chi connectivity index (χ2n) is 13.0. The van der Waals surface area contributed by atoms with Gasteiger partial charge in [-0.2, -0.15) is 59.7 Å². The Morgan fingerprint density at radius 3 is 1.72 bits per heavy atom. The largest absolute Gasteiger partial charge is 4.00 e. The van der Waals surface area contributed by atoms with E-state index in [1.807, 2.05) is 6.07 Å². The van der Waals surface area contributed by atoms with E-state index in [9.17, 15) is 0 Å². The van der Waals surface area contributed by atoms with Crippen LogP contribution < -0.4 is 9.13 Å². The zero-order chi connectivity index (χ0) is 32.6. The standard InChI is InChI=1S/C45H36N4.Pt/c1-3-17-36(18-4-1)40-23-7-8-24-41(40)49-33-48(44-27-11-12-28-45(44)49)39-22-14-16-35(31-39)29-34-15-13-21-38(30-34)47-32-46(37-19-5-2-6-20-37)42-25-9-10-26-43(42)47;/h2,5-16,19-28,36H,1,3-4,17-18,29H2;/q-2;+4. The quantitative estimate of drug-likeness (QED) is 0.113. The van der Waals surface area contributed by atoms with Gasteiger partial charge in [0, 0.05) is 0 Å². The van der Waals surface area contributed by atoms with Crippen molar-refractivity contribution < 1.29 is 30.2 Å². The Morgan fingerprint density at radius 1 is 0.520 bits per heavy atom. The summed E-state index contributed by atoms with van der Waals surface area (Å²) >= 11 is 0. The summed E-state index contributed by atoms with van der Waals surface area (Å²) in [5.74, 6) is 0.598. The van der Waals surface area contributed by atoms with Gasteiger partial charge >= 0.3 is 21.1 Å². The molecule has 0 aliphatic heterocycles. The van der Waals surface area contributed by atoms with Gasteiger partial charge in [-0.1, -0.05) is 104 Å². The van der Waals surface area contributed by atoms with Gasteiger partial charge in [-0.3, -0.25) is 9.13 Å². The third kappa shape index (κ3) is 6.03. The number of hydrogen-bond donors (Lipinski definition) is 0. The fourth-order valence-electron chi connectivity index (χ4n) is 7.55. The first kappa shape index (κ1) is 32.2. The van der Waals surface area contributed by atoms with Crippen LogP contribution in [0.2, 0.25) is 0 Å². The predicted molar refractivity (Wildman–Crippen MR) is 194 cm³/mol. The van der Waals surface area contributed by atoms with Crippen molar-refractivity contribution in [2.24, 2.45) is 0 Å². The van der Waals surface area contributed by atoms with Gasteiger partial charge in [0.2, 0.25) is 0 Å². The van der Waals surface area contributed by atoms with E-state index in [0.29, 0.717) is 12.3 Å². The number of para-hydroxylation sites is 6. The molecule has 0 N–H and O–H groups in total. The molecule has 244 valence electrons. The molecule has 0 amide bonds. The summed E-state index contributed by atoms with van der Waals surface area (Å²) in [6, 6.07) is 56.6. The van der Waals surface area contributed by atoms with E-state index >= 15 is 0 Å². The topological polar surface area (TPSA) is 17.6 Å². The molecule has 1 aliphatic carbocycles. The fraction of sp³-hybridized carbons (Fsp3) is 0.156. The molecular formula is C45H36N4Pt+2. The molecule has 2 heterocycles. The Hall–Kier alpha value is -5.05. The molecule has 8 aromatic rings. The van der Waals surface area contributed by atoms with E-state index in [1.54, 1.807) is 0 Å². The van der Waals surface area contributed by atoms with Crippen molar-refractivity contribution in [3.63, 3.8) is 0 Å². The van der Waals surface area contributed by atoms with Crippen molar-refractivity contribution in [2.75, 3.05) is 0 Å². The van der Waals surface area contributed by atoms with Crippen LogP contribution in [0.3, 0.4) is 0 Å². The molecule has 2 aromatic heterocycles. The van der Waals surface area contributed by atoms with E-state index in [4.69, 9.17) is 0 Å². The Kier molecular flexibility index (Phi) is 9.04. The van der Waals surface area contributed by atoms with Crippen molar-refractivity contribution >= 4 is 22.1 Å². The maximum Gasteiger partial charge on any atom is 4.00 e. The zero-order valence-electron chi connectivity index (χ0n) is 27.7. The summed E-state index contributed by atoms with van der Waals surface area (Å²) in [4.78, 5) is 0. The number of rotatable bonds is 7. The van der Waals surface area contributed by atoms with Crippen molar-refractivity contribution in [3.05, 3.63) is 181 Å². The van der Waals surface area contributed by atoms with Gasteiger partial charge in [0.25, 0.3) is 12.7 Å². The van der Waals surface area contributed by atoms with Gasteiger partial charge in [-0.05, 0) is 60.3 Å². The Bertz CT molecular complexity index is 2420. The van der Waals surface area contributed by atoms with Gasteiger partial charge in [0.05, 0.1) is 33.4 Å². The molecule has 0 saturated heterocycles. The zero-order valence-corrected chi connectivity index (χ0v) is 30.0. The van der Waals surface area contributed by atoms with Crippen LogP contribution in [0.15, 0.2) is 140 Å². The molecule has 1 fully saturated rings. The molecule has 0 unspecified atom stereocenters. The molecule has 0 spiro atoms. The van der Waals surface area contributed by atoms with Gasteiger partial charge in [0.1, 0.15) is 0 Å². The molecule has 50 heavy (non-hydrogen) atoms. The molecule has 0 radical (unpaired) electrons. The van der Waals surface area contributed by atoms with Gasteiger partial charge in [-0.25, -0.2) is 0 Å². The molecule has 0 bridgehead atoms. The normalized spacial score (nSPS) is 13.4. The van der Waals surface area contributed by atoms with E-state index < -0.39 is 0 Å². The SMILES string of the molecule is [Pt+4].[c-]1c(Cc2[c-]c(-n3[c-][n+](-c4ccccc4C4CCCCC4)c4ccccc43)ccc2)cccc1-n1[c-][n+](-c2ccccc2)c2ccccc21. The number of benzene rings is 6. The van der Waals surface area contributed by atoms with Gasteiger partial charge in [-0.15, -0.1) is 0 Å². The van der Waals surface area contributed by atoms with Crippen LogP contribution in [0.1, 0.15) is 54.7 Å². The molecule has 5 heteroatoms. The monoisotopic (exact) mass is 827 g/mol. The third-order valence-electron chi connectivity index (χ3n) is 9.91. The first-order valence-electron chi connectivity index (χ1n) is 17.4. The summed E-state index contributed by atoms with van der Waals surface area (Å²) in [6.45, 7) is 0. The molecule has 1 saturated carbocycles. The van der Waals surface area contributed by atoms with Crippen molar-refractivity contribution in [3.8, 4) is 22.7 Å². The van der Waals surface area contributed by atoms with E-state index in [0.717, 1.165) is 50.3 Å². The van der Waals surface area contributed by atoms with Crippen molar-refractivity contribution in [1.82, 2.24) is 9.13 Å². The smallest absolute Gasteiger partial charge is 0.315 e. The van der Waals surface area contributed by atoms with E-state index in [1.165, 1.54) is 43.4 Å². The molecule has 0 atom stereocenters. The van der Waals surface area contributed by atoms with Crippen LogP contribution in [0, 0.1) is 24.8 Å². The minimum atomic E-state index is 0. The number of nitrogens with zero attached hydrogens (tertiary/aromatic N) is 4. The molecular weight excluding hydrogens is 792 g/mol. The summed E-state index contributed by atoms with van der Waals surface area (Å²) in [7, 11) is 0. The van der Waals surface area contributed by atoms with Crippen LogP contribution in [-0.2, 0) is 27.5 Å². The van der Waals surface area contributed by atoms with E-state index in [-0.39, 0.29) is 21.1 Å². The Labute approximate surface area is 308 Å². The molecule has 9 rings (SSSR count). The third-order valence-corrected chi connectivity index (χ3v) is 9.91. The maximum absolute atomic E-state index is 3.74. The number of fused-ring (bicyclic) bond motifs is 2. The summed E-state index contributed by atoms with van der Waals surface area (Å²) in [5, 5.41) is 0. The fourth-order valence-corrected chi connectivity index (χ4v) is 7.55. The van der Waals surface area contributed by atoms with Crippen molar-refractivity contribution in [2.45, 2.75) is 44.4 Å². The predicted octanol–water partition coefficient (Wildman–Crippen LogP) is 8.96. The first-order chi connectivity index (χ1) is 24.3. The van der Waals surface area contributed by atoms with Crippen molar-refractivity contribution in [1.29, 1.82) is 0 Å². The first-order valence-corrected chi connectivity index (χ1v) is 17.4. The van der Waals surface area contributed by atoms with Gasteiger partial charge in [0.15, 0.2) is 0 Å². The van der Waals surface area contributed by atoms with Crippen LogP contribution in [-0.4, -0.2) is 9.13 Å². The average molecular weight is 828 g/mol. The molecule has 6 aromatic carbocycles. The van der Waals surface area contributed by atoms with Crippen LogP contribution in [0.5, 0.6) is 0 Å². The summed E-state index contributed by atoms with van der Waals surface area (Å²) < 4.78 is 8.65.